The van der Waals surface area contributed by atoms with Crippen LogP contribution >= 0.6 is 12.4 Å². The summed E-state index contributed by atoms with van der Waals surface area (Å²) in [5, 5.41) is 0. The first-order chi connectivity index (χ1) is 6.68. The predicted molar refractivity (Wildman–Crippen MR) is 64.2 cm³/mol. The molecule has 3 heteroatoms. The van der Waals surface area contributed by atoms with E-state index in [1.165, 1.54) is 16.7 Å². The summed E-state index contributed by atoms with van der Waals surface area (Å²) in [4.78, 5) is 0. The van der Waals surface area contributed by atoms with E-state index in [1.807, 2.05) is 0 Å². The lowest BCUT2D eigenvalue weighted by Crippen LogP contribution is -2.21. The van der Waals surface area contributed by atoms with Crippen LogP contribution in [0.3, 0.4) is 0 Å². The third kappa shape index (κ3) is 2.51. The highest BCUT2D eigenvalue weighted by atomic mass is 35.5. The Morgan fingerprint density at radius 2 is 2.13 bits per heavy atom. The maximum absolute atomic E-state index is 6.18. The van der Waals surface area contributed by atoms with E-state index in [1.54, 1.807) is 0 Å². The van der Waals surface area contributed by atoms with Crippen LogP contribution in [-0.2, 0) is 11.3 Å². The van der Waals surface area contributed by atoms with E-state index >= 15 is 0 Å². The molecule has 2 atom stereocenters. The van der Waals surface area contributed by atoms with Gasteiger partial charge in [-0.05, 0) is 24.0 Å². The van der Waals surface area contributed by atoms with Gasteiger partial charge in [-0.3, -0.25) is 0 Å². The predicted octanol–water partition coefficient (Wildman–Crippen LogP) is 2.58. The maximum Gasteiger partial charge on any atom is 0.0720 e. The Bertz CT molecular complexity index is 340. The summed E-state index contributed by atoms with van der Waals surface area (Å²) in [6, 6.07) is 6.55. The Kier molecular flexibility index (Phi) is 4.14. The molecule has 0 saturated heterocycles. The zero-order chi connectivity index (χ0) is 10.1. The lowest BCUT2D eigenvalue weighted by atomic mass is 9.92. The van der Waals surface area contributed by atoms with Crippen LogP contribution < -0.4 is 5.73 Å². The van der Waals surface area contributed by atoms with Gasteiger partial charge in [0.1, 0.15) is 0 Å². The molecule has 1 aliphatic rings. The molecule has 0 unspecified atom stereocenters. The van der Waals surface area contributed by atoms with Crippen molar-refractivity contribution < 1.29 is 4.74 Å². The van der Waals surface area contributed by atoms with E-state index < -0.39 is 0 Å². The molecule has 1 aromatic carbocycles. The minimum atomic E-state index is 0. The van der Waals surface area contributed by atoms with E-state index in [-0.39, 0.29) is 18.4 Å². The first-order valence-electron chi connectivity index (χ1n) is 5.11. The number of rotatable bonds is 0. The van der Waals surface area contributed by atoms with Crippen molar-refractivity contribution in [1.82, 2.24) is 0 Å². The Balaban J connectivity index is 0.00000112. The molecular weight excluding hydrogens is 210 g/mol. The Hall–Kier alpha value is -0.570. The van der Waals surface area contributed by atoms with Crippen LogP contribution in [0.2, 0.25) is 0 Å². The maximum atomic E-state index is 6.18. The van der Waals surface area contributed by atoms with Crippen LogP contribution in [0.4, 0.5) is 0 Å². The Morgan fingerprint density at radius 1 is 1.40 bits per heavy atom. The van der Waals surface area contributed by atoms with Gasteiger partial charge in [-0.15, -0.1) is 12.4 Å². The van der Waals surface area contributed by atoms with E-state index in [2.05, 4.69) is 32.0 Å². The standard InChI is InChI=1S/C12H17NO.ClH/c1-8-3-4-10-7-14-6-9(2)12(13)11(10)5-8;/h3-5,9,12H,6-7,13H2,1-2H3;1H/t9-,12+;/m1./s1. The third-order valence-corrected chi connectivity index (χ3v) is 2.91. The van der Waals surface area contributed by atoms with Crippen LogP contribution in [-0.4, -0.2) is 6.61 Å². The van der Waals surface area contributed by atoms with Crippen LogP contribution in [0.15, 0.2) is 18.2 Å². The third-order valence-electron chi connectivity index (χ3n) is 2.91. The first kappa shape index (κ1) is 12.5. The van der Waals surface area contributed by atoms with E-state index in [0.29, 0.717) is 12.5 Å². The summed E-state index contributed by atoms with van der Waals surface area (Å²) in [6.45, 7) is 5.70. The van der Waals surface area contributed by atoms with Crippen LogP contribution in [0.1, 0.15) is 29.7 Å². The van der Waals surface area contributed by atoms with Gasteiger partial charge in [0, 0.05) is 6.04 Å². The molecule has 2 rings (SSSR count). The molecule has 0 amide bonds. The van der Waals surface area contributed by atoms with Crippen LogP contribution in [0.5, 0.6) is 0 Å². The number of ether oxygens (including phenoxy) is 1. The highest BCUT2D eigenvalue weighted by Gasteiger charge is 2.21. The largest absolute Gasteiger partial charge is 0.376 e. The second-order valence-corrected chi connectivity index (χ2v) is 4.22. The molecule has 2 N–H and O–H groups in total. The molecular formula is C12H18ClNO. The average molecular weight is 228 g/mol. The molecule has 84 valence electrons. The van der Waals surface area contributed by atoms with Gasteiger partial charge in [0.15, 0.2) is 0 Å². The number of aryl methyl sites for hydroxylation is 1. The summed E-state index contributed by atoms with van der Waals surface area (Å²) >= 11 is 0. The van der Waals surface area contributed by atoms with Crippen molar-refractivity contribution in [2.75, 3.05) is 6.61 Å². The molecule has 0 fully saturated rings. The summed E-state index contributed by atoms with van der Waals surface area (Å²) in [6.07, 6.45) is 0. The molecule has 0 radical (unpaired) electrons. The molecule has 0 saturated carbocycles. The number of hydrogen-bond acceptors (Lipinski definition) is 2. The molecule has 1 heterocycles. The molecule has 2 nitrogen and oxygen atoms in total. The number of nitrogens with two attached hydrogens (primary N) is 1. The lowest BCUT2D eigenvalue weighted by molar-refractivity contribution is 0.0941. The molecule has 0 spiro atoms. The van der Waals surface area contributed by atoms with E-state index in [4.69, 9.17) is 10.5 Å². The topological polar surface area (TPSA) is 35.2 Å². The van der Waals surface area contributed by atoms with Crippen LogP contribution in [0, 0.1) is 12.8 Å². The van der Waals surface area contributed by atoms with Crippen molar-refractivity contribution in [3.05, 3.63) is 34.9 Å². The van der Waals surface area contributed by atoms with Crippen molar-refractivity contribution in [3.8, 4) is 0 Å². The second kappa shape index (κ2) is 4.97. The van der Waals surface area contributed by atoms with Crippen LogP contribution in [0.25, 0.3) is 0 Å². The normalized spacial score (nSPS) is 25.0. The van der Waals surface area contributed by atoms with Gasteiger partial charge in [0.25, 0.3) is 0 Å². The SMILES string of the molecule is Cc1ccc2c(c1)[C@@H](N)[C@H](C)COC2.Cl. The highest BCUT2D eigenvalue weighted by Crippen LogP contribution is 2.28. The monoisotopic (exact) mass is 227 g/mol. The molecule has 15 heavy (non-hydrogen) atoms. The van der Waals surface area contributed by atoms with Gasteiger partial charge in [-0.25, -0.2) is 0 Å². The quantitative estimate of drug-likeness (QED) is 0.740. The molecule has 0 aliphatic carbocycles. The van der Waals surface area contributed by atoms with Gasteiger partial charge >= 0.3 is 0 Å². The molecule has 1 aromatic rings. The summed E-state index contributed by atoms with van der Waals surface area (Å²) in [7, 11) is 0. The van der Waals surface area contributed by atoms with Crippen molar-refractivity contribution in [3.63, 3.8) is 0 Å². The Morgan fingerprint density at radius 3 is 2.87 bits per heavy atom. The van der Waals surface area contributed by atoms with Crippen molar-refractivity contribution in [2.45, 2.75) is 26.5 Å². The first-order valence-corrected chi connectivity index (χ1v) is 5.11. The average Bonchev–Trinajstić information content (AvgIpc) is 2.30. The zero-order valence-corrected chi connectivity index (χ0v) is 10.0. The molecule has 0 bridgehead atoms. The van der Waals surface area contributed by atoms with Gasteiger partial charge < -0.3 is 10.5 Å². The minimum absolute atomic E-state index is 0. The van der Waals surface area contributed by atoms with Crippen molar-refractivity contribution in [1.29, 1.82) is 0 Å². The van der Waals surface area contributed by atoms with Gasteiger partial charge in [0.2, 0.25) is 0 Å². The fraction of sp³-hybridized carbons (Fsp3) is 0.500. The van der Waals surface area contributed by atoms with Gasteiger partial charge in [-0.2, -0.15) is 0 Å². The summed E-state index contributed by atoms with van der Waals surface area (Å²) < 4.78 is 5.56. The number of halogens is 1. The number of hydrogen-bond donors (Lipinski definition) is 1. The fourth-order valence-electron chi connectivity index (χ4n) is 1.92. The number of fused-ring (bicyclic) bond motifs is 1. The van der Waals surface area contributed by atoms with Gasteiger partial charge in [-0.1, -0.05) is 30.7 Å². The lowest BCUT2D eigenvalue weighted by Gasteiger charge is -2.18. The minimum Gasteiger partial charge on any atom is -0.376 e. The Labute approximate surface area is 97.2 Å². The fourth-order valence-corrected chi connectivity index (χ4v) is 1.92. The molecule has 0 aromatic heterocycles. The van der Waals surface area contributed by atoms with Crippen molar-refractivity contribution in [2.24, 2.45) is 11.7 Å². The molecule has 1 aliphatic heterocycles. The van der Waals surface area contributed by atoms with Gasteiger partial charge in [0.05, 0.1) is 13.2 Å². The summed E-state index contributed by atoms with van der Waals surface area (Å²) in [5.41, 5.74) is 9.95. The summed E-state index contributed by atoms with van der Waals surface area (Å²) in [5.74, 6) is 0.401. The van der Waals surface area contributed by atoms with E-state index in [0.717, 1.165) is 6.61 Å². The van der Waals surface area contributed by atoms with Crippen molar-refractivity contribution >= 4 is 12.4 Å². The number of benzene rings is 1. The highest BCUT2D eigenvalue weighted by molar-refractivity contribution is 5.85. The smallest absolute Gasteiger partial charge is 0.0720 e. The zero-order valence-electron chi connectivity index (χ0n) is 9.19. The second-order valence-electron chi connectivity index (χ2n) is 4.22. The van der Waals surface area contributed by atoms with E-state index in [9.17, 15) is 0 Å².